The highest BCUT2D eigenvalue weighted by molar-refractivity contribution is 5.94. The summed E-state index contributed by atoms with van der Waals surface area (Å²) in [6.45, 7) is 1.35. The van der Waals surface area contributed by atoms with E-state index in [-0.39, 0.29) is 11.5 Å². The van der Waals surface area contributed by atoms with Gasteiger partial charge >= 0.3 is 0 Å². The summed E-state index contributed by atoms with van der Waals surface area (Å²) in [5.41, 5.74) is 2.85. The summed E-state index contributed by atoms with van der Waals surface area (Å²) in [4.78, 5) is 27.7. The summed E-state index contributed by atoms with van der Waals surface area (Å²) in [5.74, 6) is -0.0363. The van der Waals surface area contributed by atoms with Crippen molar-refractivity contribution in [3.63, 3.8) is 0 Å². The van der Waals surface area contributed by atoms with Crippen molar-refractivity contribution in [1.82, 2.24) is 9.88 Å². The van der Waals surface area contributed by atoms with Crippen LogP contribution < -0.4 is 5.56 Å². The Bertz CT molecular complexity index is 655. The quantitative estimate of drug-likeness (QED) is 0.840. The van der Waals surface area contributed by atoms with Gasteiger partial charge in [-0.3, -0.25) is 9.59 Å². The molecule has 19 heavy (non-hydrogen) atoms. The van der Waals surface area contributed by atoms with Crippen molar-refractivity contribution in [3.05, 3.63) is 69.6 Å². The van der Waals surface area contributed by atoms with Crippen molar-refractivity contribution in [2.24, 2.45) is 0 Å². The molecule has 2 aromatic rings. The average molecular weight is 254 g/mol. The number of rotatable bonds is 1. The Morgan fingerprint density at radius 2 is 1.89 bits per heavy atom. The molecule has 3 rings (SSSR count). The first kappa shape index (κ1) is 11.7. The lowest BCUT2D eigenvalue weighted by molar-refractivity contribution is 0.0734. The lowest BCUT2D eigenvalue weighted by Crippen LogP contribution is -2.36. The van der Waals surface area contributed by atoms with Crippen LogP contribution in [0.25, 0.3) is 0 Å². The molecule has 1 aromatic heterocycles. The third-order valence-electron chi connectivity index (χ3n) is 3.45. The molecule has 1 N–H and O–H groups in total. The average Bonchev–Trinajstić information content (AvgIpc) is 2.47. The van der Waals surface area contributed by atoms with Gasteiger partial charge in [0.25, 0.3) is 5.91 Å². The standard InChI is InChI=1S/C15H14N2O2/c18-14-6-5-12(9-16-14)15(19)17-8-7-11-3-1-2-4-13(11)10-17/h1-6,9H,7-8,10H2,(H,16,18). The first-order valence-corrected chi connectivity index (χ1v) is 6.29. The molecule has 0 radical (unpaired) electrons. The normalized spacial score (nSPS) is 14.0. The Labute approximate surface area is 110 Å². The van der Waals surface area contributed by atoms with E-state index in [1.54, 1.807) is 6.07 Å². The van der Waals surface area contributed by atoms with Gasteiger partial charge in [0.05, 0.1) is 5.56 Å². The van der Waals surface area contributed by atoms with Crippen LogP contribution >= 0.6 is 0 Å². The number of fused-ring (bicyclic) bond motifs is 1. The number of hydrogen-bond donors (Lipinski definition) is 1. The molecular formula is C15H14N2O2. The molecule has 2 heterocycles. The van der Waals surface area contributed by atoms with Crippen LogP contribution in [-0.2, 0) is 13.0 Å². The highest BCUT2D eigenvalue weighted by atomic mass is 16.2. The largest absolute Gasteiger partial charge is 0.334 e. The summed E-state index contributed by atoms with van der Waals surface area (Å²) in [6, 6.07) is 11.1. The fraction of sp³-hybridized carbons (Fsp3) is 0.200. The maximum absolute atomic E-state index is 12.3. The van der Waals surface area contributed by atoms with E-state index in [1.165, 1.54) is 23.4 Å². The Morgan fingerprint density at radius 1 is 1.11 bits per heavy atom. The van der Waals surface area contributed by atoms with Crippen LogP contribution in [0, 0.1) is 0 Å². The molecule has 0 fully saturated rings. The Balaban J connectivity index is 1.83. The van der Waals surface area contributed by atoms with Crippen LogP contribution in [0.15, 0.2) is 47.4 Å². The second kappa shape index (κ2) is 4.72. The van der Waals surface area contributed by atoms with Gasteiger partial charge in [-0.2, -0.15) is 0 Å². The zero-order valence-corrected chi connectivity index (χ0v) is 10.4. The molecule has 0 bridgehead atoms. The van der Waals surface area contributed by atoms with Gasteiger partial charge in [0.1, 0.15) is 0 Å². The minimum Gasteiger partial charge on any atom is -0.334 e. The number of nitrogens with one attached hydrogen (secondary N) is 1. The van der Waals surface area contributed by atoms with Crippen LogP contribution in [-0.4, -0.2) is 22.3 Å². The zero-order chi connectivity index (χ0) is 13.2. The fourth-order valence-corrected chi connectivity index (χ4v) is 2.40. The molecule has 0 saturated heterocycles. The highest BCUT2D eigenvalue weighted by Crippen LogP contribution is 2.19. The number of amides is 1. The topological polar surface area (TPSA) is 53.2 Å². The van der Waals surface area contributed by atoms with E-state index < -0.39 is 0 Å². The molecule has 0 spiro atoms. The van der Waals surface area contributed by atoms with Gasteiger partial charge in [0.15, 0.2) is 0 Å². The molecule has 0 unspecified atom stereocenters. The molecule has 1 aliphatic heterocycles. The van der Waals surface area contributed by atoms with Gasteiger partial charge in [-0.25, -0.2) is 0 Å². The number of hydrogen-bond acceptors (Lipinski definition) is 2. The summed E-state index contributed by atoms with van der Waals surface area (Å²) in [7, 11) is 0. The number of aromatic amines is 1. The second-order valence-corrected chi connectivity index (χ2v) is 4.69. The minimum atomic E-state index is -0.194. The number of pyridine rings is 1. The van der Waals surface area contributed by atoms with Crippen LogP contribution in [0.3, 0.4) is 0 Å². The van der Waals surface area contributed by atoms with Crippen molar-refractivity contribution >= 4 is 5.91 Å². The zero-order valence-electron chi connectivity index (χ0n) is 10.4. The minimum absolute atomic E-state index is 0.0363. The van der Waals surface area contributed by atoms with Gasteiger partial charge in [-0.15, -0.1) is 0 Å². The SMILES string of the molecule is O=C(c1ccc(=O)[nH]c1)N1CCc2ccccc2C1. The first-order chi connectivity index (χ1) is 9.24. The highest BCUT2D eigenvalue weighted by Gasteiger charge is 2.21. The summed E-state index contributed by atoms with van der Waals surface area (Å²) < 4.78 is 0. The molecule has 1 aliphatic rings. The smallest absolute Gasteiger partial charge is 0.255 e. The van der Waals surface area contributed by atoms with Crippen molar-refractivity contribution in [3.8, 4) is 0 Å². The number of H-pyrrole nitrogens is 1. The lowest BCUT2D eigenvalue weighted by Gasteiger charge is -2.28. The molecule has 1 aromatic carbocycles. The Kier molecular flexibility index (Phi) is 2.91. The molecular weight excluding hydrogens is 240 g/mol. The van der Waals surface area contributed by atoms with E-state index in [2.05, 4.69) is 17.1 Å². The predicted octanol–water partition coefficient (Wildman–Crippen LogP) is 1.57. The van der Waals surface area contributed by atoms with E-state index >= 15 is 0 Å². The van der Waals surface area contributed by atoms with Crippen molar-refractivity contribution in [1.29, 1.82) is 0 Å². The molecule has 0 aliphatic carbocycles. The van der Waals surface area contributed by atoms with Crippen LogP contribution in [0.5, 0.6) is 0 Å². The fourth-order valence-electron chi connectivity index (χ4n) is 2.40. The van der Waals surface area contributed by atoms with Gasteiger partial charge in [-0.05, 0) is 23.6 Å². The van der Waals surface area contributed by atoms with Crippen molar-refractivity contribution in [2.45, 2.75) is 13.0 Å². The van der Waals surface area contributed by atoms with Gasteiger partial charge < -0.3 is 9.88 Å². The predicted molar refractivity (Wildman–Crippen MR) is 71.9 cm³/mol. The van der Waals surface area contributed by atoms with E-state index in [4.69, 9.17) is 0 Å². The summed E-state index contributed by atoms with van der Waals surface area (Å²) >= 11 is 0. The molecule has 96 valence electrons. The molecule has 4 heteroatoms. The summed E-state index contributed by atoms with van der Waals surface area (Å²) in [6.07, 6.45) is 2.36. The van der Waals surface area contributed by atoms with Crippen molar-refractivity contribution < 1.29 is 4.79 Å². The maximum Gasteiger partial charge on any atom is 0.255 e. The Morgan fingerprint density at radius 3 is 2.63 bits per heavy atom. The van der Waals surface area contributed by atoms with Gasteiger partial charge in [0, 0.05) is 25.4 Å². The van der Waals surface area contributed by atoms with E-state index in [0.29, 0.717) is 12.1 Å². The second-order valence-electron chi connectivity index (χ2n) is 4.69. The Hall–Kier alpha value is -2.36. The van der Waals surface area contributed by atoms with Gasteiger partial charge in [0.2, 0.25) is 5.56 Å². The van der Waals surface area contributed by atoms with E-state index in [9.17, 15) is 9.59 Å². The number of carbonyl (C=O) groups is 1. The summed E-state index contributed by atoms with van der Waals surface area (Å²) in [5, 5.41) is 0. The van der Waals surface area contributed by atoms with Crippen LogP contribution in [0.1, 0.15) is 21.5 Å². The number of benzene rings is 1. The maximum atomic E-state index is 12.3. The number of aromatic nitrogens is 1. The third kappa shape index (κ3) is 2.29. The third-order valence-corrected chi connectivity index (χ3v) is 3.45. The first-order valence-electron chi connectivity index (χ1n) is 6.29. The number of carbonyl (C=O) groups excluding carboxylic acids is 1. The number of nitrogens with zero attached hydrogens (tertiary/aromatic N) is 1. The molecule has 1 amide bonds. The van der Waals surface area contributed by atoms with Crippen LogP contribution in [0.2, 0.25) is 0 Å². The van der Waals surface area contributed by atoms with Crippen LogP contribution in [0.4, 0.5) is 0 Å². The molecule has 0 atom stereocenters. The van der Waals surface area contributed by atoms with Crippen molar-refractivity contribution in [2.75, 3.05) is 6.54 Å². The van der Waals surface area contributed by atoms with E-state index in [1.807, 2.05) is 17.0 Å². The monoisotopic (exact) mass is 254 g/mol. The molecule has 4 nitrogen and oxygen atoms in total. The van der Waals surface area contributed by atoms with Gasteiger partial charge in [-0.1, -0.05) is 24.3 Å². The molecule has 0 saturated carbocycles. The van der Waals surface area contributed by atoms with E-state index in [0.717, 1.165) is 13.0 Å². The lowest BCUT2D eigenvalue weighted by atomic mass is 9.99.